The molecule has 0 aliphatic carbocycles. The number of unbranched alkanes of at least 4 members (excludes halogenated alkanes) is 3. The molecule has 19 heavy (non-hydrogen) atoms. The second-order valence-corrected chi connectivity index (χ2v) is 5.13. The van der Waals surface area contributed by atoms with Crippen molar-refractivity contribution in [1.29, 1.82) is 0 Å². The van der Waals surface area contributed by atoms with Crippen LogP contribution < -0.4 is 4.68 Å². The van der Waals surface area contributed by atoms with Gasteiger partial charge in [-0.05, 0) is 12.0 Å². The maximum atomic E-state index is 4.54. The first kappa shape index (κ1) is 13.8. The minimum absolute atomic E-state index is 0.851. The van der Waals surface area contributed by atoms with Gasteiger partial charge in [0.15, 0.2) is 11.9 Å². The average Bonchev–Trinajstić information content (AvgIpc) is 2.76. The third-order valence-electron chi connectivity index (χ3n) is 3.44. The molecule has 3 nitrogen and oxygen atoms in total. The van der Waals surface area contributed by atoms with E-state index in [2.05, 4.69) is 42.6 Å². The van der Waals surface area contributed by atoms with Crippen molar-refractivity contribution in [2.75, 3.05) is 0 Å². The second-order valence-electron chi connectivity index (χ2n) is 5.13. The number of hydrogen-bond donors (Lipinski definition) is 0. The Kier molecular flexibility index (Phi) is 5.13. The summed E-state index contributed by atoms with van der Waals surface area (Å²) in [6.45, 7) is 3.10. The molecule has 1 aromatic carbocycles. The minimum atomic E-state index is 0.851. The van der Waals surface area contributed by atoms with E-state index in [9.17, 15) is 0 Å². The molecule has 0 fully saturated rings. The zero-order valence-electron chi connectivity index (χ0n) is 12.0. The lowest BCUT2D eigenvalue weighted by molar-refractivity contribution is -0.747. The number of nitrogens with zero attached hydrogens (tertiary/aromatic N) is 3. The Morgan fingerprint density at radius 3 is 2.63 bits per heavy atom. The van der Waals surface area contributed by atoms with Crippen LogP contribution in [-0.2, 0) is 20.0 Å². The number of benzene rings is 1. The Labute approximate surface area is 115 Å². The summed E-state index contributed by atoms with van der Waals surface area (Å²) in [6, 6.07) is 10.5. The number of rotatable bonds is 7. The van der Waals surface area contributed by atoms with Crippen molar-refractivity contribution < 1.29 is 4.68 Å². The van der Waals surface area contributed by atoms with Gasteiger partial charge >= 0.3 is 0 Å². The van der Waals surface area contributed by atoms with Gasteiger partial charge in [-0.25, -0.2) is 0 Å². The highest BCUT2D eigenvalue weighted by Crippen LogP contribution is 2.05. The molecule has 0 saturated carbocycles. The zero-order valence-corrected chi connectivity index (χ0v) is 12.0. The van der Waals surface area contributed by atoms with Crippen LogP contribution in [0, 0.1) is 0 Å². The molecule has 0 aliphatic rings. The SMILES string of the molecule is CCCCCCc1c[n+](Cc2ccccc2)nn1C. The summed E-state index contributed by atoms with van der Waals surface area (Å²) in [5.41, 5.74) is 2.62. The molecule has 3 heteroatoms. The van der Waals surface area contributed by atoms with Crippen LogP contribution in [0.2, 0.25) is 0 Å². The number of aryl methyl sites for hydroxylation is 2. The molecule has 1 heterocycles. The van der Waals surface area contributed by atoms with Crippen LogP contribution in [0.4, 0.5) is 0 Å². The number of hydrogen-bond acceptors (Lipinski definition) is 1. The predicted molar refractivity (Wildman–Crippen MR) is 76.8 cm³/mol. The molecule has 0 spiro atoms. The van der Waals surface area contributed by atoms with Crippen LogP contribution in [0.5, 0.6) is 0 Å². The van der Waals surface area contributed by atoms with E-state index in [1.807, 2.05) is 22.5 Å². The highest BCUT2D eigenvalue weighted by molar-refractivity contribution is 5.13. The van der Waals surface area contributed by atoms with Gasteiger partial charge in [0.05, 0.1) is 5.21 Å². The van der Waals surface area contributed by atoms with Crippen LogP contribution in [0.3, 0.4) is 0 Å². The van der Waals surface area contributed by atoms with Gasteiger partial charge in [-0.15, -0.1) is 9.36 Å². The van der Waals surface area contributed by atoms with Crippen molar-refractivity contribution in [2.45, 2.75) is 45.6 Å². The van der Waals surface area contributed by atoms with Gasteiger partial charge in [0, 0.05) is 6.42 Å². The second kappa shape index (κ2) is 7.07. The van der Waals surface area contributed by atoms with Crippen molar-refractivity contribution in [3.8, 4) is 0 Å². The monoisotopic (exact) mass is 258 g/mol. The molecule has 0 atom stereocenters. The maximum Gasteiger partial charge on any atom is 0.167 e. The number of aromatic nitrogens is 3. The summed E-state index contributed by atoms with van der Waals surface area (Å²) in [4.78, 5) is 0. The summed E-state index contributed by atoms with van der Waals surface area (Å²) in [7, 11) is 2.04. The molecular weight excluding hydrogens is 234 g/mol. The Bertz CT molecular complexity index is 488. The molecule has 2 aromatic rings. The topological polar surface area (TPSA) is 21.7 Å². The lowest BCUT2D eigenvalue weighted by atomic mass is 10.1. The van der Waals surface area contributed by atoms with E-state index in [4.69, 9.17) is 0 Å². The molecular formula is C16H24N3+. The Hall–Kier alpha value is -1.64. The lowest BCUT2D eigenvalue weighted by Crippen LogP contribution is -2.36. The van der Waals surface area contributed by atoms with Crippen molar-refractivity contribution in [3.63, 3.8) is 0 Å². The first-order valence-corrected chi connectivity index (χ1v) is 7.26. The normalized spacial score (nSPS) is 10.8. The summed E-state index contributed by atoms with van der Waals surface area (Å²) in [5, 5.41) is 4.54. The molecule has 0 amide bonds. The van der Waals surface area contributed by atoms with Crippen LogP contribution in [0.1, 0.15) is 43.9 Å². The van der Waals surface area contributed by atoms with Crippen LogP contribution in [-0.4, -0.2) is 9.90 Å². The van der Waals surface area contributed by atoms with E-state index in [1.165, 1.54) is 36.9 Å². The Morgan fingerprint density at radius 1 is 1.11 bits per heavy atom. The lowest BCUT2D eigenvalue weighted by Gasteiger charge is -1.95. The summed E-state index contributed by atoms with van der Waals surface area (Å²) in [6.07, 6.45) is 8.52. The zero-order chi connectivity index (χ0) is 13.5. The third-order valence-corrected chi connectivity index (χ3v) is 3.44. The van der Waals surface area contributed by atoms with Gasteiger partial charge in [0.25, 0.3) is 0 Å². The van der Waals surface area contributed by atoms with E-state index in [1.54, 1.807) is 0 Å². The molecule has 2 rings (SSSR count). The van der Waals surface area contributed by atoms with E-state index in [0.29, 0.717) is 0 Å². The Balaban J connectivity index is 1.93. The molecule has 0 aliphatic heterocycles. The highest BCUT2D eigenvalue weighted by atomic mass is 15.5. The van der Waals surface area contributed by atoms with Crippen molar-refractivity contribution >= 4 is 0 Å². The molecule has 0 unspecified atom stereocenters. The van der Waals surface area contributed by atoms with Gasteiger partial charge in [0.1, 0.15) is 13.6 Å². The van der Waals surface area contributed by atoms with Gasteiger partial charge in [-0.1, -0.05) is 56.5 Å². The molecule has 102 valence electrons. The van der Waals surface area contributed by atoms with E-state index < -0.39 is 0 Å². The van der Waals surface area contributed by atoms with Gasteiger partial charge in [-0.2, -0.15) is 0 Å². The summed E-state index contributed by atoms with van der Waals surface area (Å²) >= 11 is 0. The van der Waals surface area contributed by atoms with Crippen LogP contribution >= 0.6 is 0 Å². The standard InChI is InChI=1S/C16H24N3/c1-3-4-5-9-12-16-14-19(17-18(16)2)13-15-10-7-6-8-11-15/h6-8,10-11,14H,3-5,9,12-13H2,1-2H3/q+1. The van der Waals surface area contributed by atoms with Gasteiger partial charge in [0.2, 0.25) is 0 Å². The summed E-state index contributed by atoms with van der Waals surface area (Å²) in [5.74, 6) is 0. The molecule has 1 aromatic heterocycles. The smallest absolute Gasteiger partial charge is 0.137 e. The predicted octanol–water partition coefficient (Wildman–Crippen LogP) is 2.88. The third kappa shape index (κ3) is 4.19. The van der Waals surface area contributed by atoms with Crippen LogP contribution in [0.25, 0.3) is 0 Å². The quantitative estimate of drug-likeness (QED) is 0.553. The van der Waals surface area contributed by atoms with E-state index in [0.717, 1.165) is 13.0 Å². The van der Waals surface area contributed by atoms with E-state index in [-0.39, 0.29) is 0 Å². The maximum absolute atomic E-state index is 4.54. The van der Waals surface area contributed by atoms with Crippen LogP contribution in [0.15, 0.2) is 36.5 Å². The summed E-state index contributed by atoms with van der Waals surface area (Å²) < 4.78 is 4.04. The Morgan fingerprint density at radius 2 is 1.89 bits per heavy atom. The average molecular weight is 258 g/mol. The minimum Gasteiger partial charge on any atom is -0.137 e. The fourth-order valence-corrected chi connectivity index (χ4v) is 2.32. The van der Waals surface area contributed by atoms with Crippen molar-refractivity contribution in [2.24, 2.45) is 7.05 Å². The largest absolute Gasteiger partial charge is 0.167 e. The van der Waals surface area contributed by atoms with Gasteiger partial charge < -0.3 is 0 Å². The van der Waals surface area contributed by atoms with Gasteiger partial charge in [-0.3, -0.25) is 0 Å². The van der Waals surface area contributed by atoms with Crippen molar-refractivity contribution in [1.82, 2.24) is 9.90 Å². The molecule has 0 radical (unpaired) electrons. The molecule has 0 N–H and O–H groups in total. The fourth-order valence-electron chi connectivity index (χ4n) is 2.32. The fraction of sp³-hybridized carbons (Fsp3) is 0.500. The van der Waals surface area contributed by atoms with E-state index >= 15 is 0 Å². The van der Waals surface area contributed by atoms with Crippen molar-refractivity contribution in [3.05, 3.63) is 47.8 Å². The first-order chi connectivity index (χ1) is 9.29. The first-order valence-electron chi connectivity index (χ1n) is 7.26. The highest BCUT2D eigenvalue weighted by Gasteiger charge is 2.12. The molecule has 0 saturated heterocycles. The molecule has 0 bridgehead atoms.